The minimum Gasteiger partial charge on any atom is -0.309 e. The van der Waals surface area contributed by atoms with Crippen molar-refractivity contribution >= 4 is 11.5 Å². The number of nitrogens with zero attached hydrogens (tertiary/aromatic N) is 2. The van der Waals surface area contributed by atoms with E-state index in [2.05, 4.69) is 66.0 Å². The molecule has 2 aromatic rings. The van der Waals surface area contributed by atoms with Crippen molar-refractivity contribution in [3.05, 3.63) is 46.5 Å². The highest BCUT2D eigenvalue weighted by Crippen LogP contribution is 2.29. The van der Waals surface area contributed by atoms with Gasteiger partial charge in [-0.05, 0) is 42.4 Å². The Morgan fingerprint density at radius 1 is 1.20 bits per heavy atom. The zero-order valence-electron chi connectivity index (χ0n) is 12.5. The third-order valence-corrected chi connectivity index (χ3v) is 4.27. The smallest absolute Gasteiger partial charge is 0.0829 e. The van der Waals surface area contributed by atoms with E-state index in [-0.39, 0.29) is 0 Å². The Hall–Kier alpha value is -1.26. The summed E-state index contributed by atoms with van der Waals surface area (Å²) in [5, 5.41) is 7.88. The van der Waals surface area contributed by atoms with Crippen molar-refractivity contribution in [2.75, 3.05) is 6.54 Å². The second kappa shape index (κ2) is 7.50. The third-order valence-electron chi connectivity index (χ3n) is 3.42. The van der Waals surface area contributed by atoms with Crippen molar-refractivity contribution in [3.8, 4) is 0 Å². The van der Waals surface area contributed by atoms with Crippen LogP contribution in [0.4, 0.5) is 0 Å². The predicted molar refractivity (Wildman–Crippen MR) is 85.2 cm³/mol. The van der Waals surface area contributed by atoms with Gasteiger partial charge in [-0.2, -0.15) is 0 Å². The highest BCUT2D eigenvalue weighted by molar-refractivity contribution is 7.05. The molecule has 108 valence electrons. The second-order valence-electron chi connectivity index (χ2n) is 5.31. The molecular weight excluding hydrogens is 266 g/mol. The Kier molecular flexibility index (Phi) is 5.68. The highest BCUT2D eigenvalue weighted by atomic mass is 32.1. The molecule has 0 saturated carbocycles. The van der Waals surface area contributed by atoms with E-state index in [0.29, 0.717) is 12.0 Å². The maximum atomic E-state index is 4.30. The van der Waals surface area contributed by atoms with Crippen LogP contribution in [-0.4, -0.2) is 16.1 Å². The summed E-state index contributed by atoms with van der Waals surface area (Å²) in [6, 6.07) is 11.0. The van der Waals surface area contributed by atoms with E-state index < -0.39 is 0 Å². The van der Waals surface area contributed by atoms with Gasteiger partial charge in [-0.25, -0.2) is 0 Å². The first-order valence-electron chi connectivity index (χ1n) is 7.31. The van der Waals surface area contributed by atoms with Crippen molar-refractivity contribution < 1.29 is 0 Å². The molecule has 0 radical (unpaired) electrons. The van der Waals surface area contributed by atoms with Gasteiger partial charge in [0.1, 0.15) is 0 Å². The van der Waals surface area contributed by atoms with Gasteiger partial charge in [0.05, 0.1) is 10.6 Å². The van der Waals surface area contributed by atoms with E-state index in [1.807, 2.05) is 0 Å². The number of nitrogens with one attached hydrogen (secondary N) is 1. The van der Waals surface area contributed by atoms with Gasteiger partial charge in [0.2, 0.25) is 0 Å². The van der Waals surface area contributed by atoms with Gasteiger partial charge in [0, 0.05) is 6.04 Å². The van der Waals surface area contributed by atoms with Crippen LogP contribution in [0.1, 0.15) is 55.3 Å². The van der Waals surface area contributed by atoms with Crippen LogP contribution in [0.25, 0.3) is 0 Å². The van der Waals surface area contributed by atoms with Crippen molar-refractivity contribution in [1.29, 1.82) is 0 Å². The lowest BCUT2D eigenvalue weighted by atomic mass is 10.00. The summed E-state index contributed by atoms with van der Waals surface area (Å²) in [6.45, 7) is 7.48. The van der Waals surface area contributed by atoms with Crippen molar-refractivity contribution in [2.45, 2.75) is 45.6 Å². The van der Waals surface area contributed by atoms with E-state index in [1.165, 1.54) is 22.0 Å². The molecule has 3 nitrogen and oxygen atoms in total. The number of hydrogen-bond acceptors (Lipinski definition) is 4. The molecule has 0 aliphatic heterocycles. The molecule has 2 rings (SSSR count). The number of aryl methyl sites for hydroxylation is 1. The fourth-order valence-corrected chi connectivity index (χ4v) is 3.29. The van der Waals surface area contributed by atoms with Crippen LogP contribution in [-0.2, 0) is 6.42 Å². The third kappa shape index (κ3) is 3.87. The van der Waals surface area contributed by atoms with Gasteiger partial charge in [-0.3, -0.25) is 0 Å². The average Bonchev–Trinajstić information content (AvgIpc) is 2.94. The molecule has 0 spiro atoms. The minimum absolute atomic E-state index is 0.359. The van der Waals surface area contributed by atoms with Crippen LogP contribution in [0.2, 0.25) is 0 Å². The molecular formula is C16H23N3S. The van der Waals surface area contributed by atoms with Gasteiger partial charge in [0.25, 0.3) is 0 Å². The zero-order chi connectivity index (χ0) is 14.4. The van der Waals surface area contributed by atoms with Crippen LogP contribution >= 0.6 is 11.5 Å². The molecule has 1 N–H and O–H groups in total. The fourth-order valence-electron chi connectivity index (χ4n) is 2.37. The molecule has 1 aromatic carbocycles. The summed E-state index contributed by atoms with van der Waals surface area (Å²) in [4.78, 5) is 1.30. The summed E-state index contributed by atoms with van der Waals surface area (Å²) < 4.78 is 4.15. The van der Waals surface area contributed by atoms with Gasteiger partial charge in [-0.1, -0.05) is 55.6 Å². The quantitative estimate of drug-likeness (QED) is 0.839. The molecule has 1 unspecified atom stereocenters. The van der Waals surface area contributed by atoms with Crippen LogP contribution < -0.4 is 5.32 Å². The van der Waals surface area contributed by atoms with E-state index in [1.54, 1.807) is 0 Å². The first-order valence-corrected chi connectivity index (χ1v) is 8.09. The lowest BCUT2D eigenvalue weighted by molar-refractivity contribution is 0.516. The molecule has 4 heteroatoms. The first kappa shape index (κ1) is 15.1. The number of aromatic nitrogens is 2. The lowest BCUT2D eigenvalue weighted by Crippen LogP contribution is -2.22. The Labute approximate surface area is 125 Å². The Morgan fingerprint density at radius 3 is 2.60 bits per heavy atom. The maximum Gasteiger partial charge on any atom is 0.0829 e. The van der Waals surface area contributed by atoms with Gasteiger partial charge in [0.15, 0.2) is 0 Å². The van der Waals surface area contributed by atoms with E-state index in [4.69, 9.17) is 0 Å². The molecule has 0 aliphatic rings. The first-order chi connectivity index (χ1) is 9.72. The molecule has 0 bridgehead atoms. The zero-order valence-corrected chi connectivity index (χ0v) is 13.3. The standard InChI is InChI=1S/C16H23N3S/c1-4-17-14(11-10-13-8-6-5-7-9-13)16-15(12(2)3)18-19-20-16/h5-9,12,14,17H,4,10-11H2,1-3H3. The van der Waals surface area contributed by atoms with E-state index in [0.717, 1.165) is 25.1 Å². The van der Waals surface area contributed by atoms with E-state index >= 15 is 0 Å². The van der Waals surface area contributed by atoms with Gasteiger partial charge >= 0.3 is 0 Å². The van der Waals surface area contributed by atoms with Crippen LogP contribution in [0.5, 0.6) is 0 Å². The maximum absolute atomic E-state index is 4.30. The topological polar surface area (TPSA) is 37.8 Å². The van der Waals surface area contributed by atoms with E-state index in [9.17, 15) is 0 Å². The number of benzene rings is 1. The Morgan fingerprint density at radius 2 is 1.95 bits per heavy atom. The molecule has 20 heavy (non-hydrogen) atoms. The molecule has 0 fully saturated rings. The molecule has 1 aromatic heterocycles. The van der Waals surface area contributed by atoms with Crippen molar-refractivity contribution in [3.63, 3.8) is 0 Å². The number of rotatable bonds is 7. The molecule has 0 amide bonds. The van der Waals surface area contributed by atoms with Gasteiger partial charge < -0.3 is 5.32 Å². The summed E-state index contributed by atoms with van der Waals surface area (Å²) in [7, 11) is 0. The van der Waals surface area contributed by atoms with Crippen molar-refractivity contribution in [2.24, 2.45) is 0 Å². The molecule has 0 aliphatic carbocycles. The summed E-state index contributed by atoms with van der Waals surface area (Å²) in [5.74, 6) is 0.432. The summed E-state index contributed by atoms with van der Waals surface area (Å²) in [5.41, 5.74) is 2.54. The summed E-state index contributed by atoms with van der Waals surface area (Å²) >= 11 is 1.54. The molecule has 0 saturated heterocycles. The predicted octanol–water partition coefficient (Wildman–Crippen LogP) is 3.94. The normalized spacial score (nSPS) is 12.8. The van der Waals surface area contributed by atoms with Crippen LogP contribution in [0.15, 0.2) is 30.3 Å². The SMILES string of the molecule is CCNC(CCc1ccccc1)c1snnc1C(C)C. The van der Waals surface area contributed by atoms with Crippen molar-refractivity contribution in [1.82, 2.24) is 14.9 Å². The Balaban J connectivity index is 2.08. The second-order valence-corrected chi connectivity index (χ2v) is 6.10. The van der Waals surface area contributed by atoms with Gasteiger partial charge in [-0.15, -0.1) is 5.10 Å². The van der Waals surface area contributed by atoms with Crippen LogP contribution in [0, 0.1) is 0 Å². The highest BCUT2D eigenvalue weighted by Gasteiger charge is 2.20. The minimum atomic E-state index is 0.359. The fraction of sp³-hybridized carbons (Fsp3) is 0.500. The largest absolute Gasteiger partial charge is 0.309 e. The Bertz CT molecular complexity index is 507. The summed E-state index contributed by atoms with van der Waals surface area (Å²) in [6.07, 6.45) is 2.16. The number of hydrogen-bond donors (Lipinski definition) is 1. The molecule has 1 atom stereocenters. The lowest BCUT2D eigenvalue weighted by Gasteiger charge is -2.18. The average molecular weight is 289 g/mol. The molecule has 1 heterocycles. The monoisotopic (exact) mass is 289 g/mol. The van der Waals surface area contributed by atoms with Crippen LogP contribution in [0.3, 0.4) is 0 Å².